The van der Waals surface area contributed by atoms with Gasteiger partial charge in [-0.25, -0.2) is 9.78 Å². The van der Waals surface area contributed by atoms with Gasteiger partial charge >= 0.3 is 5.69 Å². The van der Waals surface area contributed by atoms with Crippen molar-refractivity contribution in [2.45, 2.75) is 59.0 Å². The lowest BCUT2D eigenvalue weighted by Crippen LogP contribution is -2.40. The maximum Gasteiger partial charge on any atom is 0.332 e. The molecule has 0 aliphatic carbocycles. The Hall–Kier alpha value is -2.63. The second-order valence-corrected chi connectivity index (χ2v) is 6.61. The molecule has 1 aromatic carbocycles. The molecule has 2 aromatic heterocycles. The van der Waals surface area contributed by atoms with Crippen molar-refractivity contribution in [1.29, 1.82) is 0 Å². The van der Waals surface area contributed by atoms with Crippen molar-refractivity contribution in [3.8, 4) is 0 Å². The zero-order valence-electron chi connectivity index (χ0n) is 15.5. The van der Waals surface area contributed by atoms with Crippen molar-refractivity contribution in [1.82, 2.24) is 19.1 Å². The van der Waals surface area contributed by atoms with E-state index in [4.69, 9.17) is 0 Å². The molecule has 6 heteroatoms. The first-order valence-electron chi connectivity index (χ1n) is 9.41. The number of rotatable bonds is 8. The molecule has 0 saturated heterocycles. The van der Waals surface area contributed by atoms with Crippen LogP contribution in [-0.2, 0) is 25.9 Å². The molecule has 0 unspecified atom stereocenters. The molecule has 6 nitrogen and oxygen atoms in total. The molecular formula is C20H26N4O2. The fraction of sp³-hybridized carbons (Fsp3) is 0.450. The lowest BCUT2D eigenvalue weighted by Gasteiger charge is -2.09. The standard InChI is InChI=1S/C20H26N4O2/c1-3-13-23-18-17(19(25)24(14-4-2)20(23)26)21-16(22-18)12-8-11-15-9-6-5-7-10-15/h5-7,9-10H,3-4,8,11-14H2,1-2H3,(H,21,22). The van der Waals surface area contributed by atoms with Crippen molar-refractivity contribution in [3.05, 3.63) is 62.6 Å². The van der Waals surface area contributed by atoms with Gasteiger partial charge in [-0.05, 0) is 31.2 Å². The number of benzene rings is 1. The second-order valence-electron chi connectivity index (χ2n) is 6.61. The summed E-state index contributed by atoms with van der Waals surface area (Å²) in [5.74, 6) is 0.770. The van der Waals surface area contributed by atoms with Crippen molar-refractivity contribution in [2.24, 2.45) is 0 Å². The summed E-state index contributed by atoms with van der Waals surface area (Å²) in [5.41, 5.74) is 1.71. The molecular weight excluding hydrogens is 328 g/mol. The van der Waals surface area contributed by atoms with Crippen LogP contribution in [0.5, 0.6) is 0 Å². The maximum absolute atomic E-state index is 12.7. The maximum atomic E-state index is 12.7. The average Bonchev–Trinajstić information content (AvgIpc) is 3.07. The van der Waals surface area contributed by atoms with Crippen LogP contribution in [0.3, 0.4) is 0 Å². The molecule has 1 N–H and O–H groups in total. The number of aromatic amines is 1. The predicted molar refractivity (Wildman–Crippen MR) is 104 cm³/mol. The Morgan fingerprint density at radius 1 is 0.962 bits per heavy atom. The number of nitrogens with one attached hydrogen (secondary N) is 1. The van der Waals surface area contributed by atoms with Crippen LogP contribution in [0.4, 0.5) is 0 Å². The minimum Gasteiger partial charge on any atom is -0.336 e. The summed E-state index contributed by atoms with van der Waals surface area (Å²) in [5, 5.41) is 0. The van der Waals surface area contributed by atoms with E-state index in [1.54, 1.807) is 4.57 Å². The third-order valence-corrected chi connectivity index (χ3v) is 4.53. The minimum atomic E-state index is -0.263. The molecule has 138 valence electrons. The Balaban J connectivity index is 1.91. The number of nitrogens with zero attached hydrogens (tertiary/aromatic N) is 3. The van der Waals surface area contributed by atoms with E-state index in [2.05, 4.69) is 22.1 Å². The Morgan fingerprint density at radius 3 is 2.35 bits per heavy atom. The highest BCUT2D eigenvalue weighted by atomic mass is 16.2. The molecule has 0 aliphatic rings. The Kier molecular flexibility index (Phi) is 5.71. The third kappa shape index (κ3) is 3.64. The SMILES string of the molecule is CCCn1c(=O)c2[nH]c(CCCc3ccccc3)nc2n(CCC)c1=O. The quantitative estimate of drug-likeness (QED) is 0.676. The first-order valence-corrected chi connectivity index (χ1v) is 9.41. The summed E-state index contributed by atoms with van der Waals surface area (Å²) in [6.45, 7) is 4.97. The molecule has 0 saturated carbocycles. The molecule has 3 rings (SSSR count). The second kappa shape index (κ2) is 8.17. The van der Waals surface area contributed by atoms with Crippen LogP contribution < -0.4 is 11.2 Å². The van der Waals surface area contributed by atoms with Crippen LogP contribution in [0.2, 0.25) is 0 Å². The Labute approximate surface area is 152 Å². The highest BCUT2D eigenvalue weighted by molar-refractivity contribution is 5.69. The summed E-state index contributed by atoms with van der Waals surface area (Å²) in [4.78, 5) is 33.1. The topological polar surface area (TPSA) is 72.7 Å². The van der Waals surface area contributed by atoms with Gasteiger partial charge in [-0.3, -0.25) is 13.9 Å². The van der Waals surface area contributed by atoms with Gasteiger partial charge in [0, 0.05) is 19.5 Å². The van der Waals surface area contributed by atoms with E-state index < -0.39 is 0 Å². The lowest BCUT2D eigenvalue weighted by atomic mass is 10.1. The molecule has 0 aliphatic heterocycles. The largest absolute Gasteiger partial charge is 0.336 e. The van der Waals surface area contributed by atoms with Gasteiger partial charge in [0.1, 0.15) is 11.3 Å². The van der Waals surface area contributed by atoms with Crippen molar-refractivity contribution in [3.63, 3.8) is 0 Å². The van der Waals surface area contributed by atoms with Crippen LogP contribution in [0.25, 0.3) is 11.2 Å². The number of aryl methyl sites for hydroxylation is 3. The molecule has 0 amide bonds. The van der Waals surface area contributed by atoms with E-state index in [0.29, 0.717) is 24.3 Å². The normalized spacial score (nSPS) is 11.3. The number of H-pyrrole nitrogens is 1. The summed E-state index contributed by atoms with van der Waals surface area (Å²) >= 11 is 0. The van der Waals surface area contributed by atoms with Gasteiger partial charge in [0.2, 0.25) is 0 Å². The molecule has 0 spiro atoms. The molecule has 0 fully saturated rings. The van der Waals surface area contributed by atoms with E-state index in [0.717, 1.165) is 37.9 Å². The van der Waals surface area contributed by atoms with Crippen LogP contribution in [-0.4, -0.2) is 19.1 Å². The van der Waals surface area contributed by atoms with Gasteiger partial charge in [0.25, 0.3) is 5.56 Å². The van der Waals surface area contributed by atoms with Crippen molar-refractivity contribution < 1.29 is 0 Å². The number of fused-ring (bicyclic) bond motifs is 1. The number of hydrogen-bond donors (Lipinski definition) is 1. The first-order chi connectivity index (χ1) is 12.7. The molecule has 3 aromatic rings. The van der Waals surface area contributed by atoms with Crippen LogP contribution >= 0.6 is 0 Å². The fourth-order valence-corrected chi connectivity index (χ4v) is 3.28. The van der Waals surface area contributed by atoms with E-state index in [1.807, 2.05) is 32.0 Å². The molecule has 0 atom stereocenters. The Morgan fingerprint density at radius 2 is 1.65 bits per heavy atom. The summed E-state index contributed by atoms with van der Waals surface area (Å²) in [6, 6.07) is 10.3. The van der Waals surface area contributed by atoms with Gasteiger partial charge in [0.15, 0.2) is 5.65 Å². The molecule has 2 heterocycles. The summed E-state index contributed by atoms with van der Waals surface area (Å²) < 4.78 is 2.95. The zero-order chi connectivity index (χ0) is 18.5. The smallest absolute Gasteiger partial charge is 0.332 e. The highest BCUT2D eigenvalue weighted by Gasteiger charge is 2.16. The van der Waals surface area contributed by atoms with Gasteiger partial charge < -0.3 is 4.98 Å². The van der Waals surface area contributed by atoms with Gasteiger partial charge in [-0.2, -0.15) is 0 Å². The first kappa shape index (κ1) is 18.2. The molecule has 26 heavy (non-hydrogen) atoms. The molecule has 0 radical (unpaired) electrons. The summed E-state index contributed by atoms with van der Waals surface area (Å²) in [6.07, 6.45) is 4.20. The molecule has 0 bridgehead atoms. The number of hydrogen-bond acceptors (Lipinski definition) is 3. The highest BCUT2D eigenvalue weighted by Crippen LogP contribution is 2.10. The summed E-state index contributed by atoms with van der Waals surface area (Å²) in [7, 11) is 0. The number of imidazole rings is 1. The van der Waals surface area contributed by atoms with Gasteiger partial charge in [0.05, 0.1) is 0 Å². The van der Waals surface area contributed by atoms with E-state index in [-0.39, 0.29) is 11.2 Å². The third-order valence-electron chi connectivity index (χ3n) is 4.53. The van der Waals surface area contributed by atoms with Crippen molar-refractivity contribution in [2.75, 3.05) is 0 Å². The average molecular weight is 354 g/mol. The van der Waals surface area contributed by atoms with Gasteiger partial charge in [-0.1, -0.05) is 44.2 Å². The number of aromatic nitrogens is 4. The van der Waals surface area contributed by atoms with E-state index >= 15 is 0 Å². The lowest BCUT2D eigenvalue weighted by molar-refractivity contribution is 0.555. The van der Waals surface area contributed by atoms with Crippen LogP contribution in [0.1, 0.15) is 44.5 Å². The van der Waals surface area contributed by atoms with Crippen LogP contribution in [0, 0.1) is 0 Å². The fourth-order valence-electron chi connectivity index (χ4n) is 3.28. The van der Waals surface area contributed by atoms with E-state index in [9.17, 15) is 9.59 Å². The predicted octanol–water partition coefficient (Wildman–Crippen LogP) is 2.88. The van der Waals surface area contributed by atoms with Crippen molar-refractivity contribution >= 4 is 11.2 Å². The minimum absolute atomic E-state index is 0.256. The monoisotopic (exact) mass is 354 g/mol. The Bertz CT molecular complexity index is 983. The van der Waals surface area contributed by atoms with Gasteiger partial charge in [-0.15, -0.1) is 0 Å². The zero-order valence-corrected chi connectivity index (χ0v) is 15.5. The van der Waals surface area contributed by atoms with Crippen LogP contribution in [0.15, 0.2) is 39.9 Å². The van der Waals surface area contributed by atoms with E-state index in [1.165, 1.54) is 10.1 Å².